The Bertz CT molecular complexity index is 416. The fourth-order valence-electron chi connectivity index (χ4n) is 1.67. The first-order valence-corrected chi connectivity index (χ1v) is 6.53. The molecule has 0 spiro atoms. The summed E-state index contributed by atoms with van der Waals surface area (Å²) in [5, 5.41) is 15.7. The Morgan fingerprint density at radius 3 is 2.76 bits per heavy atom. The fourth-order valence-corrected chi connectivity index (χ4v) is 2.24. The second-order valence-electron chi connectivity index (χ2n) is 3.88. The van der Waals surface area contributed by atoms with E-state index in [1.807, 2.05) is 23.6 Å². The van der Waals surface area contributed by atoms with Gasteiger partial charge in [-0.2, -0.15) is 0 Å². The third-order valence-corrected chi connectivity index (χ3v) is 3.35. The Morgan fingerprint density at radius 2 is 2.12 bits per heavy atom. The van der Waals surface area contributed by atoms with Crippen molar-refractivity contribution in [3.63, 3.8) is 0 Å². The first-order chi connectivity index (χ1) is 8.38. The molecule has 0 amide bonds. The second-order valence-corrected chi connectivity index (χ2v) is 4.86. The van der Waals surface area contributed by atoms with Crippen molar-refractivity contribution in [3.05, 3.63) is 52.5 Å². The molecular formula is C13H16N2OS. The van der Waals surface area contributed by atoms with Gasteiger partial charge in [-0.3, -0.25) is 0 Å². The van der Waals surface area contributed by atoms with Gasteiger partial charge in [-0.05, 0) is 12.0 Å². The van der Waals surface area contributed by atoms with E-state index in [0.717, 1.165) is 18.0 Å². The van der Waals surface area contributed by atoms with Gasteiger partial charge in [0.15, 0.2) is 0 Å². The average Bonchev–Trinajstić information content (AvgIpc) is 2.89. The molecule has 4 heteroatoms. The molecule has 0 unspecified atom stereocenters. The molecular weight excluding hydrogens is 232 g/mol. The van der Waals surface area contributed by atoms with Crippen LogP contribution in [0, 0.1) is 0 Å². The van der Waals surface area contributed by atoms with Gasteiger partial charge in [-0.15, -0.1) is 11.3 Å². The lowest BCUT2D eigenvalue weighted by atomic mass is 10.1. The molecule has 1 atom stereocenters. The first-order valence-electron chi connectivity index (χ1n) is 5.65. The van der Waals surface area contributed by atoms with E-state index >= 15 is 0 Å². The van der Waals surface area contributed by atoms with Crippen LogP contribution < -0.4 is 5.32 Å². The van der Waals surface area contributed by atoms with Gasteiger partial charge < -0.3 is 10.4 Å². The summed E-state index contributed by atoms with van der Waals surface area (Å²) in [6.45, 7) is 0.857. The Hall–Kier alpha value is -1.23. The Kier molecular flexibility index (Phi) is 4.67. The highest BCUT2D eigenvalue weighted by Crippen LogP contribution is 2.06. The van der Waals surface area contributed by atoms with Crippen LogP contribution in [0.15, 0.2) is 41.9 Å². The van der Waals surface area contributed by atoms with Crippen molar-refractivity contribution in [2.45, 2.75) is 19.0 Å². The Labute approximate surface area is 105 Å². The molecule has 1 heterocycles. The van der Waals surface area contributed by atoms with Crippen molar-refractivity contribution in [2.75, 3.05) is 6.61 Å². The normalized spacial score (nSPS) is 12.5. The van der Waals surface area contributed by atoms with Crippen LogP contribution in [0.5, 0.6) is 0 Å². The highest BCUT2D eigenvalue weighted by Gasteiger charge is 2.08. The molecule has 0 saturated carbocycles. The zero-order valence-electron chi connectivity index (χ0n) is 9.54. The number of nitrogens with one attached hydrogen (secondary N) is 1. The van der Waals surface area contributed by atoms with Gasteiger partial charge in [0.1, 0.15) is 5.01 Å². The summed E-state index contributed by atoms with van der Waals surface area (Å²) in [7, 11) is 0. The number of aliphatic hydroxyl groups is 1. The van der Waals surface area contributed by atoms with Crippen molar-refractivity contribution < 1.29 is 5.11 Å². The van der Waals surface area contributed by atoms with E-state index in [1.54, 1.807) is 17.5 Å². The molecule has 0 radical (unpaired) electrons. The van der Waals surface area contributed by atoms with E-state index in [0.29, 0.717) is 0 Å². The number of nitrogens with zero attached hydrogens (tertiary/aromatic N) is 1. The molecule has 0 aliphatic carbocycles. The molecule has 0 saturated heterocycles. The molecule has 1 aromatic heterocycles. The topological polar surface area (TPSA) is 45.1 Å². The van der Waals surface area contributed by atoms with E-state index in [9.17, 15) is 5.11 Å². The standard InChI is InChI=1S/C13H16N2OS/c16-10-12(8-11-4-2-1-3-5-11)15-9-13-14-6-7-17-13/h1-7,12,15-16H,8-10H2/t12-/m0/s1. The van der Waals surface area contributed by atoms with Crippen molar-refractivity contribution in [1.82, 2.24) is 10.3 Å². The van der Waals surface area contributed by atoms with Crippen LogP contribution in [-0.4, -0.2) is 22.7 Å². The van der Waals surface area contributed by atoms with Gasteiger partial charge in [0.2, 0.25) is 0 Å². The molecule has 0 aliphatic heterocycles. The maximum absolute atomic E-state index is 9.34. The average molecular weight is 248 g/mol. The van der Waals surface area contributed by atoms with Gasteiger partial charge in [0.25, 0.3) is 0 Å². The molecule has 2 N–H and O–H groups in total. The highest BCUT2D eigenvalue weighted by molar-refractivity contribution is 7.09. The summed E-state index contributed by atoms with van der Waals surface area (Å²) in [5.41, 5.74) is 1.23. The number of benzene rings is 1. The van der Waals surface area contributed by atoms with Gasteiger partial charge >= 0.3 is 0 Å². The molecule has 1 aromatic carbocycles. The minimum atomic E-state index is 0.0845. The van der Waals surface area contributed by atoms with Crippen LogP contribution in [0.2, 0.25) is 0 Å². The van der Waals surface area contributed by atoms with Gasteiger partial charge in [0.05, 0.1) is 6.61 Å². The lowest BCUT2D eigenvalue weighted by Gasteiger charge is -2.15. The number of rotatable bonds is 6. The molecule has 0 bridgehead atoms. The van der Waals surface area contributed by atoms with Gasteiger partial charge in [-0.1, -0.05) is 30.3 Å². The van der Waals surface area contributed by atoms with Gasteiger partial charge in [0, 0.05) is 24.2 Å². The third kappa shape index (κ3) is 3.93. The van der Waals surface area contributed by atoms with Crippen molar-refractivity contribution in [2.24, 2.45) is 0 Å². The monoisotopic (exact) mass is 248 g/mol. The first kappa shape index (κ1) is 12.2. The van der Waals surface area contributed by atoms with E-state index in [4.69, 9.17) is 0 Å². The second kappa shape index (κ2) is 6.49. The molecule has 17 heavy (non-hydrogen) atoms. The molecule has 90 valence electrons. The van der Waals surface area contributed by atoms with Crippen LogP contribution >= 0.6 is 11.3 Å². The maximum atomic E-state index is 9.34. The number of thiazole rings is 1. The minimum absolute atomic E-state index is 0.0845. The van der Waals surface area contributed by atoms with E-state index in [-0.39, 0.29) is 12.6 Å². The lowest BCUT2D eigenvalue weighted by Crippen LogP contribution is -2.33. The Morgan fingerprint density at radius 1 is 1.29 bits per heavy atom. The summed E-state index contributed by atoms with van der Waals surface area (Å²) in [5.74, 6) is 0. The van der Waals surface area contributed by atoms with E-state index in [2.05, 4.69) is 22.4 Å². The number of hydrogen-bond donors (Lipinski definition) is 2. The zero-order chi connectivity index (χ0) is 11.9. The molecule has 2 aromatic rings. The highest BCUT2D eigenvalue weighted by atomic mass is 32.1. The molecule has 0 fully saturated rings. The largest absolute Gasteiger partial charge is 0.395 e. The summed E-state index contributed by atoms with van der Waals surface area (Å²) in [4.78, 5) is 4.20. The number of aliphatic hydroxyl groups excluding tert-OH is 1. The minimum Gasteiger partial charge on any atom is -0.395 e. The predicted octanol–water partition coefficient (Wildman–Crippen LogP) is 1.84. The SMILES string of the molecule is OC[C@H](Cc1ccccc1)NCc1nccs1. The smallest absolute Gasteiger partial charge is 0.106 e. The van der Waals surface area contributed by atoms with Crippen molar-refractivity contribution in [3.8, 4) is 0 Å². The van der Waals surface area contributed by atoms with E-state index < -0.39 is 0 Å². The molecule has 2 rings (SSSR count). The number of hydrogen-bond acceptors (Lipinski definition) is 4. The summed E-state index contributed by atoms with van der Waals surface area (Å²) >= 11 is 1.63. The summed E-state index contributed by atoms with van der Waals surface area (Å²) in [6, 6.07) is 10.3. The molecule has 0 aliphatic rings. The number of aromatic nitrogens is 1. The molecule has 3 nitrogen and oxygen atoms in total. The van der Waals surface area contributed by atoms with E-state index in [1.165, 1.54) is 5.56 Å². The maximum Gasteiger partial charge on any atom is 0.106 e. The summed E-state index contributed by atoms with van der Waals surface area (Å²) in [6.07, 6.45) is 2.63. The fraction of sp³-hybridized carbons (Fsp3) is 0.308. The van der Waals surface area contributed by atoms with Crippen molar-refractivity contribution in [1.29, 1.82) is 0 Å². The van der Waals surface area contributed by atoms with Crippen LogP contribution in [0.25, 0.3) is 0 Å². The van der Waals surface area contributed by atoms with Crippen LogP contribution in [-0.2, 0) is 13.0 Å². The van der Waals surface area contributed by atoms with Crippen LogP contribution in [0.1, 0.15) is 10.6 Å². The quantitative estimate of drug-likeness (QED) is 0.820. The van der Waals surface area contributed by atoms with Gasteiger partial charge in [-0.25, -0.2) is 4.98 Å². The van der Waals surface area contributed by atoms with Crippen molar-refractivity contribution >= 4 is 11.3 Å². The van der Waals surface area contributed by atoms with Crippen LogP contribution in [0.3, 0.4) is 0 Å². The third-order valence-electron chi connectivity index (χ3n) is 2.57. The Balaban J connectivity index is 1.85. The zero-order valence-corrected chi connectivity index (χ0v) is 10.4. The lowest BCUT2D eigenvalue weighted by molar-refractivity contribution is 0.241. The predicted molar refractivity (Wildman–Crippen MR) is 70.0 cm³/mol. The van der Waals surface area contributed by atoms with Crippen LogP contribution in [0.4, 0.5) is 0 Å². The summed E-state index contributed by atoms with van der Waals surface area (Å²) < 4.78 is 0.